The van der Waals surface area contributed by atoms with Gasteiger partial charge in [-0.15, -0.1) is 0 Å². The van der Waals surface area contributed by atoms with Crippen molar-refractivity contribution >= 4 is 24.0 Å². The molecule has 0 saturated carbocycles. The lowest BCUT2D eigenvalue weighted by atomic mass is 9.77. The van der Waals surface area contributed by atoms with Gasteiger partial charge in [-0.2, -0.15) is 0 Å². The van der Waals surface area contributed by atoms with E-state index in [2.05, 4.69) is 16.0 Å². The SMILES string of the molecule is CN(CCNC(=O)C(CC(=O)NC(c1ccccc1)(c1ccccc1)c1ccccc1)NC(=O)OCC1c2ccccc2-c2ccccc21)C(=O)O. The third-order valence-corrected chi connectivity index (χ3v) is 9.36. The van der Waals surface area contributed by atoms with Crippen LogP contribution in [0.15, 0.2) is 140 Å². The molecule has 0 fully saturated rings. The topological polar surface area (TPSA) is 137 Å². The van der Waals surface area contributed by atoms with E-state index in [1.807, 2.05) is 140 Å². The highest BCUT2D eigenvalue weighted by Crippen LogP contribution is 2.44. The Labute approximate surface area is 302 Å². The number of hydrogen-bond donors (Lipinski definition) is 4. The maximum absolute atomic E-state index is 14.2. The number of nitrogens with zero attached hydrogens (tertiary/aromatic N) is 1. The number of carbonyl (C=O) groups excluding carboxylic acids is 3. The van der Waals surface area contributed by atoms with Gasteiger partial charge in [-0.25, -0.2) is 9.59 Å². The molecule has 4 N–H and O–H groups in total. The van der Waals surface area contributed by atoms with Gasteiger partial charge < -0.3 is 30.7 Å². The first kappa shape index (κ1) is 35.4. The van der Waals surface area contributed by atoms with Gasteiger partial charge in [0.15, 0.2) is 0 Å². The molecule has 5 aromatic rings. The molecule has 6 rings (SSSR count). The van der Waals surface area contributed by atoms with E-state index in [1.165, 1.54) is 7.05 Å². The molecular weight excluding hydrogens is 656 g/mol. The Morgan fingerprint density at radius 3 is 1.65 bits per heavy atom. The number of ether oxygens (including phenoxy) is 1. The summed E-state index contributed by atoms with van der Waals surface area (Å²) in [6, 6.07) is 43.2. The fourth-order valence-corrected chi connectivity index (χ4v) is 6.78. The molecule has 10 nitrogen and oxygen atoms in total. The summed E-state index contributed by atoms with van der Waals surface area (Å²) < 4.78 is 5.74. The highest BCUT2D eigenvalue weighted by Gasteiger charge is 2.39. The third-order valence-electron chi connectivity index (χ3n) is 9.36. The first-order chi connectivity index (χ1) is 25.3. The van der Waals surface area contributed by atoms with Crippen LogP contribution in [-0.4, -0.2) is 66.8 Å². The van der Waals surface area contributed by atoms with Crippen LogP contribution in [0.25, 0.3) is 11.1 Å². The summed E-state index contributed by atoms with van der Waals surface area (Å²) >= 11 is 0. The van der Waals surface area contributed by atoms with Crippen LogP contribution in [0.1, 0.15) is 40.2 Å². The smallest absolute Gasteiger partial charge is 0.407 e. The molecule has 1 unspecified atom stereocenters. The Morgan fingerprint density at radius 1 is 0.712 bits per heavy atom. The van der Waals surface area contributed by atoms with Gasteiger partial charge in [0.2, 0.25) is 11.8 Å². The largest absolute Gasteiger partial charge is 0.465 e. The summed E-state index contributed by atoms with van der Waals surface area (Å²) in [5.41, 5.74) is 5.46. The molecule has 4 amide bonds. The van der Waals surface area contributed by atoms with Crippen LogP contribution in [-0.2, 0) is 19.9 Å². The van der Waals surface area contributed by atoms with Gasteiger partial charge in [0.05, 0.1) is 6.42 Å². The molecule has 1 aliphatic carbocycles. The van der Waals surface area contributed by atoms with Crippen LogP contribution >= 0.6 is 0 Å². The summed E-state index contributed by atoms with van der Waals surface area (Å²) in [5, 5.41) is 17.8. The Hall–Kier alpha value is -6.42. The zero-order chi connectivity index (χ0) is 36.5. The van der Waals surface area contributed by atoms with Crippen LogP contribution in [0, 0.1) is 0 Å². The van der Waals surface area contributed by atoms with Crippen molar-refractivity contribution in [2.45, 2.75) is 23.9 Å². The highest BCUT2D eigenvalue weighted by molar-refractivity contribution is 5.91. The third kappa shape index (κ3) is 7.66. The lowest BCUT2D eigenvalue weighted by Gasteiger charge is -2.37. The zero-order valence-corrected chi connectivity index (χ0v) is 28.7. The lowest BCUT2D eigenvalue weighted by Crippen LogP contribution is -2.53. The Balaban J connectivity index is 1.25. The Kier molecular flexibility index (Phi) is 10.9. The van der Waals surface area contributed by atoms with E-state index < -0.39 is 42.0 Å². The first-order valence-electron chi connectivity index (χ1n) is 17.1. The van der Waals surface area contributed by atoms with Gasteiger partial charge in [-0.05, 0) is 38.9 Å². The van der Waals surface area contributed by atoms with Crippen LogP contribution < -0.4 is 16.0 Å². The molecule has 0 spiro atoms. The number of fused-ring (bicyclic) bond motifs is 3. The van der Waals surface area contributed by atoms with Gasteiger partial charge in [-0.1, -0.05) is 140 Å². The first-order valence-corrected chi connectivity index (χ1v) is 17.1. The highest BCUT2D eigenvalue weighted by atomic mass is 16.5. The normalized spacial score (nSPS) is 12.5. The molecular formula is C42H40N4O6. The van der Waals surface area contributed by atoms with Gasteiger partial charge in [-0.3, -0.25) is 9.59 Å². The van der Waals surface area contributed by atoms with Crippen molar-refractivity contribution in [3.8, 4) is 11.1 Å². The summed E-state index contributed by atoms with van der Waals surface area (Å²) in [7, 11) is 1.38. The fraction of sp³-hybridized carbons (Fsp3) is 0.190. The van der Waals surface area contributed by atoms with E-state index in [-0.39, 0.29) is 25.6 Å². The van der Waals surface area contributed by atoms with E-state index in [0.717, 1.165) is 43.8 Å². The number of alkyl carbamates (subject to hydrolysis) is 1. The van der Waals surface area contributed by atoms with E-state index in [0.29, 0.717) is 0 Å². The molecule has 0 aliphatic heterocycles. The minimum absolute atomic E-state index is 0.00403. The van der Waals surface area contributed by atoms with Crippen molar-refractivity contribution in [1.29, 1.82) is 0 Å². The lowest BCUT2D eigenvalue weighted by molar-refractivity contribution is -0.128. The van der Waals surface area contributed by atoms with Crippen LogP contribution in [0.2, 0.25) is 0 Å². The number of likely N-dealkylation sites (N-methyl/N-ethyl adjacent to an activating group) is 1. The molecule has 0 heterocycles. The van der Waals surface area contributed by atoms with E-state index in [9.17, 15) is 24.3 Å². The quantitative estimate of drug-likeness (QED) is 0.110. The van der Waals surface area contributed by atoms with Crippen LogP contribution in [0.3, 0.4) is 0 Å². The van der Waals surface area contributed by atoms with Crippen LogP contribution in [0.4, 0.5) is 9.59 Å². The van der Waals surface area contributed by atoms with Crippen LogP contribution in [0.5, 0.6) is 0 Å². The number of hydrogen-bond acceptors (Lipinski definition) is 5. The van der Waals surface area contributed by atoms with Gasteiger partial charge >= 0.3 is 12.2 Å². The number of carboxylic acid groups (broad SMARTS) is 1. The molecule has 10 heteroatoms. The van der Waals surface area contributed by atoms with Crippen molar-refractivity contribution in [1.82, 2.24) is 20.9 Å². The molecule has 264 valence electrons. The average molecular weight is 697 g/mol. The number of nitrogens with one attached hydrogen (secondary N) is 3. The molecule has 52 heavy (non-hydrogen) atoms. The number of amides is 4. The molecule has 1 atom stereocenters. The maximum Gasteiger partial charge on any atom is 0.407 e. The fourth-order valence-electron chi connectivity index (χ4n) is 6.78. The van der Waals surface area contributed by atoms with Gasteiger partial charge in [0.25, 0.3) is 0 Å². The monoisotopic (exact) mass is 696 g/mol. The van der Waals surface area contributed by atoms with Gasteiger partial charge in [0.1, 0.15) is 18.2 Å². The minimum atomic E-state index is -1.34. The summed E-state index contributed by atoms with van der Waals surface area (Å²) in [4.78, 5) is 53.6. The van der Waals surface area contributed by atoms with E-state index in [4.69, 9.17) is 4.74 Å². The summed E-state index contributed by atoms with van der Waals surface area (Å²) in [6.07, 6.45) is -2.45. The molecule has 1 aliphatic rings. The van der Waals surface area contributed by atoms with Gasteiger partial charge in [0, 0.05) is 26.1 Å². The second-order valence-electron chi connectivity index (χ2n) is 12.6. The number of benzene rings is 5. The number of rotatable bonds is 13. The summed E-state index contributed by atoms with van der Waals surface area (Å²) in [6.45, 7) is -0.0128. The maximum atomic E-state index is 14.2. The van der Waals surface area contributed by atoms with Crippen molar-refractivity contribution in [2.24, 2.45) is 0 Å². The molecule has 5 aromatic carbocycles. The Morgan fingerprint density at radius 2 is 1.17 bits per heavy atom. The molecule has 0 aromatic heterocycles. The second-order valence-corrected chi connectivity index (χ2v) is 12.6. The van der Waals surface area contributed by atoms with Crippen molar-refractivity contribution < 1.29 is 29.0 Å². The second kappa shape index (κ2) is 16.1. The van der Waals surface area contributed by atoms with Crippen molar-refractivity contribution in [3.05, 3.63) is 167 Å². The molecule has 0 bridgehead atoms. The van der Waals surface area contributed by atoms with Crippen molar-refractivity contribution in [3.63, 3.8) is 0 Å². The minimum Gasteiger partial charge on any atom is -0.465 e. The zero-order valence-electron chi connectivity index (χ0n) is 28.7. The standard InChI is InChI=1S/C42H40N4O6/c1-46(41(50)51)26-25-43-39(48)37(44-40(49)52-28-36-34-23-13-11-21-32(34)33-22-12-14-24-35(33)36)27-38(47)45-42(29-15-5-2-6-16-29,30-17-7-3-8-18-30)31-19-9-4-10-20-31/h2-24,36-37H,25-28H2,1H3,(H,43,48)(H,44,49)(H,45,47)(H,50,51). The van der Waals surface area contributed by atoms with Crippen molar-refractivity contribution in [2.75, 3.05) is 26.7 Å². The molecule has 0 radical (unpaired) electrons. The average Bonchev–Trinajstić information content (AvgIpc) is 3.50. The molecule has 0 saturated heterocycles. The number of carbonyl (C=O) groups is 4. The van der Waals surface area contributed by atoms with E-state index >= 15 is 0 Å². The van der Waals surface area contributed by atoms with E-state index in [1.54, 1.807) is 0 Å². The predicted octanol–water partition coefficient (Wildman–Crippen LogP) is 6.12. The predicted molar refractivity (Wildman–Crippen MR) is 198 cm³/mol. The Bertz CT molecular complexity index is 1880. The summed E-state index contributed by atoms with van der Waals surface area (Å²) in [5.74, 6) is -1.38.